The second-order valence-corrected chi connectivity index (χ2v) is 6.70. The molecule has 0 aliphatic carbocycles. The first-order valence-electron chi connectivity index (χ1n) is 9.50. The van der Waals surface area contributed by atoms with Gasteiger partial charge in [0.25, 0.3) is 0 Å². The first-order valence-corrected chi connectivity index (χ1v) is 9.50. The largest absolute Gasteiger partial charge is 0.376 e. The highest BCUT2D eigenvalue weighted by Gasteiger charge is 2.25. The molecule has 0 spiro atoms. The van der Waals surface area contributed by atoms with Crippen LogP contribution in [0.1, 0.15) is 24.6 Å². The maximum Gasteiger partial charge on any atom is 0.194 e. The van der Waals surface area contributed by atoms with Crippen LogP contribution < -0.4 is 5.32 Å². The van der Waals surface area contributed by atoms with Crippen LogP contribution in [0.25, 0.3) is 0 Å². The van der Waals surface area contributed by atoms with Gasteiger partial charge in [0.15, 0.2) is 5.96 Å². The fraction of sp³-hybridized carbons (Fsp3) is 0.429. The molecule has 0 bridgehead atoms. The van der Waals surface area contributed by atoms with E-state index in [1.807, 2.05) is 25.1 Å². The summed E-state index contributed by atoms with van der Waals surface area (Å²) in [5.41, 5.74) is 1.56. The van der Waals surface area contributed by atoms with Crippen molar-refractivity contribution in [3.63, 3.8) is 0 Å². The number of aliphatic imine (C=N–C) groups is 1. The fourth-order valence-electron chi connectivity index (χ4n) is 3.19. The zero-order valence-corrected chi connectivity index (χ0v) is 15.8. The van der Waals surface area contributed by atoms with E-state index in [9.17, 15) is 4.39 Å². The summed E-state index contributed by atoms with van der Waals surface area (Å²) in [6.45, 7) is 6.24. The normalized spacial score (nSPS) is 17.3. The second kappa shape index (κ2) is 10.0. The highest BCUT2D eigenvalue weighted by molar-refractivity contribution is 5.80. The Labute approximate surface area is 160 Å². The lowest BCUT2D eigenvalue weighted by Crippen LogP contribution is -2.40. The molecule has 0 radical (unpaired) electrons. The van der Waals surface area contributed by atoms with Crippen LogP contribution >= 0.6 is 0 Å². The Hall–Kier alpha value is -2.47. The standard InChI is InChI=1S/C21H27FN4O/c1-2-23-21(25-13-20-19(22)9-6-11-24-20)26-12-10-18(14-26)16-27-15-17-7-4-3-5-8-17/h3-9,11,18H,2,10,12-16H2,1H3,(H,23,25). The fourth-order valence-corrected chi connectivity index (χ4v) is 3.19. The van der Waals surface area contributed by atoms with Crippen molar-refractivity contribution in [3.8, 4) is 0 Å². The number of rotatable bonds is 7. The molecule has 144 valence electrons. The summed E-state index contributed by atoms with van der Waals surface area (Å²) in [4.78, 5) is 10.9. The Morgan fingerprint density at radius 3 is 2.93 bits per heavy atom. The molecule has 1 saturated heterocycles. The van der Waals surface area contributed by atoms with Gasteiger partial charge < -0.3 is 15.0 Å². The van der Waals surface area contributed by atoms with Crippen molar-refractivity contribution in [2.75, 3.05) is 26.2 Å². The average Bonchev–Trinajstić information content (AvgIpc) is 3.16. The lowest BCUT2D eigenvalue weighted by Gasteiger charge is -2.21. The van der Waals surface area contributed by atoms with Gasteiger partial charge in [0.2, 0.25) is 0 Å². The zero-order valence-electron chi connectivity index (χ0n) is 15.8. The molecular formula is C21H27FN4O. The van der Waals surface area contributed by atoms with Crippen LogP contribution in [0.3, 0.4) is 0 Å². The van der Waals surface area contributed by atoms with Crippen molar-refractivity contribution in [3.05, 3.63) is 65.7 Å². The Balaban J connectivity index is 1.51. The van der Waals surface area contributed by atoms with E-state index in [1.54, 1.807) is 12.3 Å². The zero-order chi connectivity index (χ0) is 18.9. The molecule has 6 heteroatoms. The van der Waals surface area contributed by atoms with Gasteiger partial charge in [-0.3, -0.25) is 4.98 Å². The highest BCUT2D eigenvalue weighted by Crippen LogP contribution is 2.18. The van der Waals surface area contributed by atoms with E-state index in [0.717, 1.165) is 38.6 Å². The third-order valence-corrected chi connectivity index (χ3v) is 4.60. The van der Waals surface area contributed by atoms with E-state index in [1.165, 1.54) is 11.6 Å². The molecule has 1 N–H and O–H groups in total. The summed E-state index contributed by atoms with van der Waals surface area (Å²) in [6, 6.07) is 13.2. The monoisotopic (exact) mass is 370 g/mol. The molecule has 1 aromatic carbocycles. The van der Waals surface area contributed by atoms with Crippen LogP contribution in [0.2, 0.25) is 0 Å². The van der Waals surface area contributed by atoms with Gasteiger partial charge in [0.1, 0.15) is 5.82 Å². The van der Waals surface area contributed by atoms with E-state index in [0.29, 0.717) is 18.2 Å². The number of pyridine rings is 1. The van der Waals surface area contributed by atoms with Gasteiger partial charge in [0.05, 0.1) is 25.5 Å². The number of hydrogen-bond acceptors (Lipinski definition) is 3. The number of nitrogens with one attached hydrogen (secondary N) is 1. The van der Waals surface area contributed by atoms with Crippen molar-refractivity contribution in [1.82, 2.24) is 15.2 Å². The highest BCUT2D eigenvalue weighted by atomic mass is 19.1. The van der Waals surface area contributed by atoms with Crippen LogP contribution in [0.5, 0.6) is 0 Å². The quantitative estimate of drug-likeness (QED) is 0.601. The molecule has 0 amide bonds. The number of likely N-dealkylation sites (tertiary alicyclic amines) is 1. The van der Waals surface area contributed by atoms with E-state index in [4.69, 9.17) is 4.74 Å². The summed E-state index contributed by atoms with van der Waals surface area (Å²) in [5, 5.41) is 3.30. The Bertz CT molecular complexity index is 738. The molecule has 5 nitrogen and oxygen atoms in total. The summed E-state index contributed by atoms with van der Waals surface area (Å²) >= 11 is 0. The second-order valence-electron chi connectivity index (χ2n) is 6.70. The molecule has 1 unspecified atom stereocenters. The van der Waals surface area contributed by atoms with Crippen molar-refractivity contribution < 1.29 is 9.13 Å². The lowest BCUT2D eigenvalue weighted by molar-refractivity contribution is 0.0906. The van der Waals surface area contributed by atoms with E-state index in [-0.39, 0.29) is 12.4 Å². The topological polar surface area (TPSA) is 49.8 Å². The van der Waals surface area contributed by atoms with Gasteiger partial charge in [-0.05, 0) is 31.0 Å². The first kappa shape index (κ1) is 19.3. The number of halogens is 1. The minimum absolute atomic E-state index is 0.237. The maximum atomic E-state index is 13.8. The molecule has 1 aliphatic rings. The molecule has 1 aromatic heterocycles. The number of benzene rings is 1. The molecule has 2 aromatic rings. The van der Waals surface area contributed by atoms with Gasteiger partial charge in [-0.25, -0.2) is 9.38 Å². The summed E-state index contributed by atoms with van der Waals surface area (Å²) in [5.74, 6) is 0.975. The minimum atomic E-state index is -0.314. The lowest BCUT2D eigenvalue weighted by atomic mass is 10.1. The predicted octanol–water partition coefficient (Wildman–Crippen LogP) is 3.22. The van der Waals surface area contributed by atoms with Gasteiger partial charge in [-0.15, -0.1) is 0 Å². The van der Waals surface area contributed by atoms with E-state index >= 15 is 0 Å². The van der Waals surface area contributed by atoms with Crippen molar-refractivity contribution in [2.24, 2.45) is 10.9 Å². The molecular weight excluding hydrogens is 343 g/mol. The predicted molar refractivity (Wildman–Crippen MR) is 105 cm³/mol. The summed E-state index contributed by atoms with van der Waals surface area (Å²) in [7, 11) is 0. The molecule has 1 fully saturated rings. The number of nitrogens with zero attached hydrogens (tertiary/aromatic N) is 3. The van der Waals surface area contributed by atoms with Crippen LogP contribution in [-0.2, 0) is 17.9 Å². The maximum absolute atomic E-state index is 13.8. The molecule has 27 heavy (non-hydrogen) atoms. The van der Waals surface area contributed by atoms with Crippen LogP contribution in [0, 0.1) is 11.7 Å². The van der Waals surface area contributed by atoms with Crippen molar-refractivity contribution in [1.29, 1.82) is 0 Å². The summed E-state index contributed by atoms with van der Waals surface area (Å²) < 4.78 is 19.7. The first-order chi connectivity index (χ1) is 13.3. The molecule has 2 heterocycles. The summed E-state index contributed by atoms with van der Waals surface area (Å²) in [6.07, 6.45) is 2.66. The third-order valence-electron chi connectivity index (χ3n) is 4.60. The minimum Gasteiger partial charge on any atom is -0.376 e. The molecule has 1 atom stereocenters. The van der Waals surface area contributed by atoms with Crippen molar-refractivity contribution in [2.45, 2.75) is 26.5 Å². The number of aromatic nitrogens is 1. The van der Waals surface area contributed by atoms with E-state index < -0.39 is 0 Å². The van der Waals surface area contributed by atoms with Gasteiger partial charge in [-0.1, -0.05) is 30.3 Å². The van der Waals surface area contributed by atoms with Crippen LogP contribution in [-0.4, -0.2) is 42.1 Å². The smallest absolute Gasteiger partial charge is 0.194 e. The Kier molecular flexibility index (Phi) is 7.16. The van der Waals surface area contributed by atoms with Gasteiger partial charge >= 0.3 is 0 Å². The number of hydrogen-bond donors (Lipinski definition) is 1. The molecule has 0 saturated carbocycles. The Morgan fingerprint density at radius 1 is 1.30 bits per heavy atom. The van der Waals surface area contributed by atoms with Gasteiger partial charge in [0, 0.05) is 31.7 Å². The number of ether oxygens (including phenoxy) is 1. The average molecular weight is 370 g/mol. The van der Waals surface area contributed by atoms with E-state index in [2.05, 4.69) is 32.3 Å². The van der Waals surface area contributed by atoms with Crippen molar-refractivity contribution >= 4 is 5.96 Å². The van der Waals surface area contributed by atoms with Gasteiger partial charge in [-0.2, -0.15) is 0 Å². The number of guanidine groups is 1. The Morgan fingerprint density at radius 2 is 2.15 bits per heavy atom. The SMILES string of the molecule is CCNC(=NCc1ncccc1F)N1CCC(COCc2ccccc2)C1. The third kappa shape index (κ3) is 5.76. The van der Waals surface area contributed by atoms with Crippen LogP contribution in [0.4, 0.5) is 4.39 Å². The molecule has 3 rings (SSSR count). The molecule has 1 aliphatic heterocycles. The van der Waals surface area contributed by atoms with Crippen LogP contribution in [0.15, 0.2) is 53.7 Å².